The molecule has 1 atom stereocenters. The highest BCUT2D eigenvalue weighted by molar-refractivity contribution is 6.06. The van der Waals surface area contributed by atoms with Gasteiger partial charge in [0.05, 0.1) is 18.5 Å². The molecule has 0 bridgehead atoms. The van der Waals surface area contributed by atoms with Crippen LogP contribution in [0.4, 0.5) is 0 Å². The molecule has 9 heteroatoms. The monoisotopic (exact) mass is 518 g/mol. The van der Waals surface area contributed by atoms with Crippen molar-refractivity contribution in [1.29, 1.82) is 0 Å². The third-order valence-corrected chi connectivity index (χ3v) is 6.73. The van der Waals surface area contributed by atoms with Gasteiger partial charge in [-0.25, -0.2) is 9.59 Å². The maximum absolute atomic E-state index is 12.9. The van der Waals surface area contributed by atoms with Crippen molar-refractivity contribution >= 4 is 39.7 Å². The highest BCUT2D eigenvalue weighted by atomic mass is 16.4. The fourth-order valence-electron chi connectivity index (χ4n) is 4.68. The molecule has 0 fully saturated rings. The van der Waals surface area contributed by atoms with Gasteiger partial charge in [0.15, 0.2) is 0 Å². The molecule has 4 rings (SSSR count). The van der Waals surface area contributed by atoms with Crippen LogP contribution in [0.1, 0.15) is 36.3 Å². The van der Waals surface area contributed by atoms with Crippen LogP contribution < -0.4 is 16.3 Å². The summed E-state index contributed by atoms with van der Waals surface area (Å²) in [5.74, 6) is -1.94. The zero-order chi connectivity index (χ0) is 27.7. The van der Waals surface area contributed by atoms with Gasteiger partial charge in [0.1, 0.15) is 23.0 Å². The summed E-state index contributed by atoms with van der Waals surface area (Å²) in [6, 6.07) is 10.7. The minimum absolute atomic E-state index is 0.182. The third kappa shape index (κ3) is 5.04. The molecular weight excluding hydrogens is 488 g/mol. The Morgan fingerprint density at radius 3 is 2.21 bits per heavy atom. The van der Waals surface area contributed by atoms with E-state index in [1.54, 1.807) is 20.8 Å². The van der Waals surface area contributed by atoms with Gasteiger partial charge in [-0.3, -0.25) is 9.59 Å². The van der Waals surface area contributed by atoms with Crippen LogP contribution in [-0.2, 0) is 20.8 Å². The van der Waals surface area contributed by atoms with E-state index in [2.05, 4.69) is 10.6 Å². The number of rotatable bonds is 8. The summed E-state index contributed by atoms with van der Waals surface area (Å²) < 4.78 is 11.7. The number of benzene rings is 2. The van der Waals surface area contributed by atoms with Crippen LogP contribution in [0.2, 0.25) is 0 Å². The Balaban J connectivity index is 1.64. The standard InChI is InChI=1S/C29H30N2O7/c1-14(2)25(28(34)35)31-23(33)13-30-22(32)12-20-15(3)19-11-21-24(18-9-7-6-8-10-18)17(5)37-27(21)16(4)26(19)38-29(20)36/h6-11,14,25H,12-13H2,1-5H3,(H,30,32)(H,31,33)(H,34,35). The summed E-state index contributed by atoms with van der Waals surface area (Å²) in [6.07, 6.45) is -0.295. The van der Waals surface area contributed by atoms with Crippen molar-refractivity contribution < 1.29 is 28.3 Å². The fraction of sp³-hybridized carbons (Fsp3) is 0.310. The average molecular weight is 519 g/mol. The zero-order valence-corrected chi connectivity index (χ0v) is 21.9. The molecule has 0 radical (unpaired) electrons. The number of furan rings is 1. The number of amides is 2. The van der Waals surface area contributed by atoms with Crippen molar-refractivity contribution in [2.45, 2.75) is 47.1 Å². The SMILES string of the molecule is Cc1oc2c(C)c3oc(=O)c(CC(=O)NCC(=O)NC(C(=O)O)C(C)C)c(C)c3cc2c1-c1ccccc1. The van der Waals surface area contributed by atoms with E-state index in [0.29, 0.717) is 27.7 Å². The molecule has 2 amide bonds. The second kappa shape index (κ2) is 10.5. The molecule has 2 aromatic carbocycles. The van der Waals surface area contributed by atoms with Gasteiger partial charge in [-0.15, -0.1) is 0 Å². The minimum Gasteiger partial charge on any atom is -0.480 e. The molecule has 3 N–H and O–H groups in total. The van der Waals surface area contributed by atoms with Gasteiger partial charge in [-0.2, -0.15) is 0 Å². The number of hydrogen-bond acceptors (Lipinski definition) is 6. The summed E-state index contributed by atoms with van der Waals surface area (Å²) in [6.45, 7) is 8.40. The van der Waals surface area contributed by atoms with Gasteiger partial charge in [-0.05, 0) is 43.9 Å². The smallest absolute Gasteiger partial charge is 0.340 e. The van der Waals surface area contributed by atoms with Crippen LogP contribution in [0.15, 0.2) is 50.0 Å². The molecule has 0 saturated heterocycles. The first-order valence-electron chi connectivity index (χ1n) is 12.3. The van der Waals surface area contributed by atoms with E-state index in [1.807, 2.05) is 50.2 Å². The van der Waals surface area contributed by atoms with Crippen molar-refractivity contribution in [2.24, 2.45) is 5.92 Å². The Kier molecular flexibility index (Phi) is 7.39. The molecule has 0 aliphatic heterocycles. The Bertz CT molecular complexity index is 1610. The minimum atomic E-state index is -1.16. The van der Waals surface area contributed by atoms with Crippen LogP contribution in [0.25, 0.3) is 33.1 Å². The molecular formula is C29H30N2O7. The summed E-state index contributed by atoms with van der Waals surface area (Å²) in [5, 5.41) is 15.6. The number of carboxylic acids is 1. The van der Waals surface area contributed by atoms with E-state index in [4.69, 9.17) is 8.83 Å². The quantitative estimate of drug-likeness (QED) is 0.300. The van der Waals surface area contributed by atoms with E-state index in [-0.39, 0.29) is 17.9 Å². The highest BCUT2D eigenvalue weighted by Crippen LogP contribution is 2.39. The number of nitrogens with one attached hydrogen (secondary N) is 2. The van der Waals surface area contributed by atoms with Crippen molar-refractivity contribution in [3.8, 4) is 11.1 Å². The summed E-state index contributed by atoms with van der Waals surface area (Å²) in [7, 11) is 0. The largest absolute Gasteiger partial charge is 0.480 e. The third-order valence-electron chi connectivity index (χ3n) is 6.73. The lowest BCUT2D eigenvalue weighted by Gasteiger charge is -2.18. The number of carbonyl (C=O) groups is 3. The molecule has 0 aliphatic rings. The second-order valence-corrected chi connectivity index (χ2v) is 9.73. The normalized spacial score (nSPS) is 12.2. The van der Waals surface area contributed by atoms with E-state index >= 15 is 0 Å². The lowest BCUT2D eigenvalue weighted by Crippen LogP contribution is -2.48. The van der Waals surface area contributed by atoms with Crippen LogP contribution in [-0.4, -0.2) is 35.5 Å². The molecule has 0 saturated carbocycles. The average Bonchev–Trinajstić information content (AvgIpc) is 3.21. The van der Waals surface area contributed by atoms with Gasteiger partial charge in [0.2, 0.25) is 11.8 Å². The van der Waals surface area contributed by atoms with E-state index in [1.165, 1.54) is 0 Å². The van der Waals surface area contributed by atoms with Crippen LogP contribution in [0, 0.1) is 26.7 Å². The summed E-state index contributed by atoms with van der Waals surface area (Å²) >= 11 is 0. The van der Waals surface area contributed by atoms with Crippen molar-refractivity contribution in [2.75, 3.05) is 6.54 Å². The number of carbonyl (C=O) groups excluding carboxylic acids is 2. The Labute approximate surface area is 218 Å². The Morgan fingerprint density at radius 2 is 1.58 bits per heavy atom. The molecule has 4 aromatic rings. The van der Waals surface area contributed by atoms with Crippen LogP contribution in [0.5, 0.6) is 0 Å². The Hall–Kier alpha value is -4.40. The fourth-order valence-corrected chi connectivity index (χ4v) is 4.68. The van der Waals surface area contributed by atoms with Crippen molar-refractivity contribution in [3.05, 3.63) is 69.3 Å². The summed E-state index contributed by atoms with van der Waals surface area (Å²) in [5.41, 5.74) is 3.80. The number of carboxylic acid groups (broad SMARTS) is 1. The molecule has 9 nitrogen and oxygen atoms in total. The predicted molar refractivity (Wildman–Crippen MR) is 143 cm³/mol. The predicted octanol–water partition coefficient (Wildman–Crippen LogP) is 4.02. The highest BCUT2D eigenvalue weighted by Gasteiger charge is 2.24. The topological polar surface area (TPSA) is 139 Å². The van der Waals surface area contributed by atoms with Gasteiger partial charge >= 0.3 is 11.6 Å². The lowest BCUT2D eigenvalue weighted by atomic mass is 9.96. The van der Waals surface area contributed by atoms with Crippen LogP contribution in [0.3, 0.4) is 0 Å². The first kappa shape index (κ1) is 26.7. The Morgan fingerprint density at radius 1 is 0.921 bits per heavy atom. The maximum Gasteiger partial charge on any atom is 0.340 e. The van der Waals surface area contributed by atoms with Gasteiger partial charge in [0.25, 0.3) is 0 Å². The van der Waals surface area contributed by atoms with Gasteiger partial charge in [0, 0.05) is 21.9 Å². The van der Waals surface area contributed by atoms with Gasteiger partial charge < -0.3 is 24.6 Å². The van der Waals surface area contributed by atoms with Crippen molar-refractivity contribution in [3.63, 3.8) is 0 Å². The molecule has 38 heavy (non-hydrogen) atoms. The first-order chi connectivity index (χ1) is 18.0. The molecule has 0 aliphatic carbocycles. The molecule has 198 valence electrons. The first-order valence-corrected chi connectivity index (χ1v) is 12.3. The number of hydrogen-bond donors (Lipinski definition) is 3. The molecule has 1 unspecified atom stereocenters. The van der Waals surface area contributed by atoms with E-state index < -0.39 is 36.0 Å². The number of aryl methyl sites for hydroxylation is 3. The molecule has 2 heterocycles. The van der Waals surface area contributed by atoms with Crippen LogP contribution >= 0.6 is 0 Å². The lowest BCUT2D eigenvalue weighted by molar-refractivity contribution is -0.143. The maximum atomic E-state index is 12.9. The van der Waals surface area contributed by atoms with Gasteiger partial charge in [-0.1, -0.05) is 44.2 Å². The molecule has 2 aromatic heterocycles. The van der Waals surface area contributed by atoms with E-state index in [9.17, 15) is 24.3 Å². The summed E-state index contributed by atoms with van der Waals surface area (Å²) in [4.78, 5) is 49.0. The van der Waals surface area contributed by atoms with Crippen molar-refractivity contribution in [1.82, 2.24) is 10.6 Å². The number of aliphatic carboxylic acids is 1. The molecule has 0 spiro atoms. The second-order valence-electron chi connectivity index (χ2n) is 9.73. The zero-order valence-electron chi connectivity index (χ0n) is 21.9. The van der Waals surface area contributed by atoms with E-state index in [0.717, 1.165) is 22.3 Å². The number of fused-ring (bicyclic) bond motifs is 2.